The fourth-order valence-electron chi connectivity index (χ4n) is 3.53. The molecule has 0 saturated carbocycles. The molecule has 2 aliphatic rings. The first-order valence-corrected chi connectivity index (χ1v) is 9.96. The number of nitrogens with zero attached hydrogens (tertiary/aromatic N) is 2. The average Bonchev–Trinajstić information content (AvgIpc) is 2.87. The number of carbonyl (C=O) groups excluding carboxylic acids is 2. The monoisotopic (exact) mass is 560 g/mol. The number of halogens is 6. The van der Waals surface area contributed by atoms with Crippen LogP contribution in [0.1, 0.15) is 55.4 Å². The molecular formula is C20H28F6N4NiO4. The van der Waals surface area contributed by atoms with Crippen molar-refractivity contribution in [2.45, 2.75) is 90.1 Å². The summed E-state index contributed by atoms with van der Waals surface area (Å²) in [4.78, 5) is 21.7. The number of ketones is 2. The van der Waals surface area contributed by atoms with Crippen LogP contribution in [0.4, 0.5) is 26.3 Å². The minimum absolute atomic E-state index is 0. The molecular weight excluding hydrogens is 533 g/mol. The molecule has 0 atom stereocenters. The molecule has 2 rings (SSSR count). The van der Waals surface area contributed by atoms with Crippen LogP contribution in [0.5, 0.6) is 0 Å². The third-order valence-electron chi connectivity index (χ3n) is 5.34. The molecule has 15 heteroatoms. The Morgan fingerprint density at radius 3 is 1.03 bits per heavy atom. The van der Waals surface area contributed by atoms with Crippen molar-refractivity contribution in [1.29, 1.82) is 0 Å². The van der Waals surface area contributed by atoms with Gasteiger partial charge in [-0.05, 0) is 55.4 Å². The van der Waals surface area contributed by atoms with E-state index in [1.807, 2.05) is 0 Å². The molecule has 0 aromatic rings. The Hall–Kier alpha value is -1.67. The molecule has 2 aliphatic heterocycles. The zero-order valence-corrected chi connectivity index (χ0v) is 21.3. The van der Waals surface area contributed by atoms with Gasteiger partial charge in [-0.1, -0.05) is 0 Å². The maximum Gasteiger partial charge on any atom is 0.454 e. The fraction of sp³-hybridized carbons (Fsp3) is 0.700. The maximum absolute atomic E-state index is 12.1. The number of nitrogens with one attached hydrogen (secondary N) is 2. The Bertz CT molecular complexity index is 823. The van der Waals surface area contributed by atoms with E-state index in [-0.39, 0.29) is 27.9 Å². The van der Waals surface area contributed by atoms with Gasteiger partial charge in [-0.3, -0.25) is 9.59 Å². The number of allylic oxidation sites excluding steroid dienone is 2. The van der Waals surface area contributed by atoms with E-state index < -0.39 is 46.3 Å². The molecule has 0 spiro atoms. The van der Waals surface area contributed by atoms with Crippen molar-refractivity contribution < 1.29 is 62.8 Å². The topological polar surface area (TPSA) is 104 Å². The second-order valence-corrected chi connectivity index (χ2v) is 9.91. The van der Waals surface area contributed by atoms with Gasteiger partial charge in [-0.25, -0.2) is 0 Å². The van der Waals surface area contributed by atoms with E-state index in [0.29, 0.717) is 22.3 Å². The first-order valence-electron chi connectivity index (χ1n) is 9.96. The summed E-state index contributed by atoms with van der Waals surface area (Å²) in [5.74, 6) is -3.95. The van der Waals surface area contributed by atoms with Crippen molar-refractivity contribution in [1.82, 2.24) is 20.8 Å². The van der Waals surface area contributed by atoms with Gasteiger partial charge >= 0.3 is 12.4 Å². The van der Waals surface area contributed by atoms with Gasteiger partial charge in [-0.2, -0.15) is 26.3 Å². The predicted octanol–water partition coefficient (Wildman–Crippen LogP) is 3.53. The smallest absolute Gasteiger partial charge is 0.367 e. The SMILES string of the molecule is CC1(C)N/C(=C\C(=O)C(F)(F)F)C(C)(C)N1[O].CC1(C)N/C(=C\C(=O)C(F)(F)F)C(C)(C)N1[O].[Ni]. The van der Waals surface area contributed by atoms with Gasteiger partial charge in [-0.15, -0.1) is 20.5 Å². The van der Waals surface area contributed by atoms with Gasteiger partial charge in [0.05, 0.1) is 11.1 Å². The number of hydrogen-bond donors (Lipinski definition) is 2. The average molecular weight is 561 g/mol. The van der Waals surface area contributed by atoms with Crippen LogP contribution in [0, 0.1) is 0 Å². The van der Waals surface area contributed by atoms with Crippen molar-refractivity contribution in [3.63, 3.8) is 0 Å². The third kappa shape index (κ3) is 7.19. The summed E-state index contributed by atoms with van der Waals surface area (Å²) in [6.07, 6.45) is -8.96. The summed E-state index contributed by atoms with van der Waals surface area (Å²) in [6, 6.07) is 0. The normalized spacial score (nSPS) is 25.3. The Balaban J connectivity index is 0.000000642. The number of hydrogen-bond acceptors (Lipinski definition) is 6. The zero-order chi connectivity index (χ0) is 27.3. The number of carbonyl (C=O) groups is 2. The van der Waals surface area contributed by atoms with Crippen LogP contribution in [0.15, 0.2) is 23.5 Å². The number of rotatable bonds is 2. The zero-order valence-electron chi connectivity index (χ0n) is 20.3. The van der Waals surface area contributed by atoms with Crippen LogP contribution in [0.25, 0.3) is 0 Å². The van der Waals surface area contributed by atoms with E-state index in [0.717, 1.165) is 0 Å². The van der Waals surface area contributed by atoms with Crippen molar-refractivity contribution in [2.75, 3.05) is 0 Å². The Kier molecular flexibility index (Phi) is 9.53. The van der Waals surface area contributed by atoms with E-state index in [9.17, 15) is 46.3 Å². The molecule has 35 heavy (non-hydrogen) atoms. The van der Waals surface area contributed by atoms with Gasteiger partial charge in [0, 0.05) is 40.0 Å². The molecule has 0 aliphatic carbocycles. The van der Waals surface area contributed by atoms with Crippen LogP contribution in [-0.4, -0.2) is 56.4 Å². The van der Waals surface area contributed by atoms with E-state index >= 15 is 0 Å². The van der Waals surface area contributed by atoms with Crippen LogP contribution in [-0.2, 0) is 36.5 Å². The van der Waals surface area contributed by atoms with Crippen LogP contribution in [0.3, 0.4) is 0 Å². The van der Waals surface area contributed by atoms with E-state index in [1.165, 1.54) is 55.4 Å². The van der Waals surface area contributed by atoms with Crippen LogP contribution < -0.4 is 10.6 Å². The second-order valence-electron chi connectivity index (χ2n) is 9.91. The molecule has 2 fully saturated rings. The third-order valence-corrected chi connectivity index (χ3v) is 5.34. The molecule has 0 aromatic heterocycles. The summed E-state index contributed by atoms with van der Waals surface area (Å²) >= 11 is 0. The maximum atomic E-state index is 12.1. The van der Waals surface area contributed by atoms with Gasteiger partial charge in [0.25, 0.3) is 11.6 Å². The van der Waals surface area contributed by atoms with Gasteiger partial charge < -0.3 is 10.6 Å². The van der Waals surface area contributed by atoms with Gasteiger partial charge in [0.2, 0.25) is 0 Å². The molecule has 2 saturated heterocycles. The quantitative estimate of drug-likeness (QED) is 0.304. The largest absolute Gasteiger partial charge is 0.454 e. The van der Waals surface area contributed by atoms with Crippen molar-refractivity contribution in [3.8, 4) is 0 Å². The molecule has 0 amide bonds. The predicted molar refractivity (Wildman–Crippen MR) is 106 cm³/mol. The first-order chi connectivity index (χ1) is 14.8. The molecule has 0 bridgehead atoms. The van der Waals surface area contributed by atoms with Crippen molar-refractivity contribution in [2.24, 2.45) is 0 Å². The van der Waals surface area contributed by atoms with E-state index in [4.69, 9.17) is 0 Å². The Labute approximate surface area is 209 Å². The van der Waals surface area contributed by atoms with Crippen molar-refractivity contribution >= 4 is 11.6 Å². The summed E-state index contributed by atoms with van der Waals surface area (Å²) in [7, 11) is 0. The number of hydroxylamine groups is 4. The fourth-order valence-corrected chi connectivity index (χ4v) is 3.53. The molecule has 2 N–H and O–H groups in total. The molecule has 2 heterocycles. The summed E-state index contributed by atoms with van der Waals surface area (Å²) in [5.41, 5.74) is -4.52. The van der Waals surface area contributed by atoms with Crippen molar-refractivity contribution in [3.05, 3.63) is 23.5 Å². The van der Waals surface area contributed by atoms with E-state index in [1.54, 1.807) is 0 Å². The Morgan fingerprint density at radius 1 is 0.657 bits per heavy atom. The second kappa shape index (κ2) is 10.0. The number of alkyl halides is 6. The molecule has 8 nitrogen and oxygen atoms in total. The Morgan fingerprint density at radius 2 is 0.886 bits per heavy atom. The van der Waals surface area contributed by atoms with Crippen LogP contribution in [0.2, 0.25) is 0 Å². The summed E-state index contributed by atoms with van der Waals surface area (Å²) < 4.78 is 72.8. The van der Waals surface area contributed by atoms with Gasteiger partial charge in [0.15, 0.2) is 0 Å². The minimum Gasteiger partial charge on any atom is -0.367 e. The van der Waals surface area contributed by atoms with Crippen LogP contribution >= 0.6 is 0 Å². The molecule has 2 radical (unpaired) electrons. The standard InChI is InChI=1S/2C10H14F3N2O2.Ni/c2*1-8(2)6(5-7(16)10(11,12)13)14-9(3,4)15(8)17;/h2*5,14H,1-4H3;/b2*6-5-;. The summed E-state index contributed by atoms with van der Waals surface area (Å²) in [6.45, 7) is 11.9. The minimum atomic E-state index is -4.93. The molecule has 0 aromatic carbocycles. The molecule has 0 unspecified atom stereocenters. The van der Waals surface area contributed by atoms with E-state index in [2.05, 4.69) is 10.6 Å². The molecule has 204 valence electrons. The first kappa shape index (κ1) is 33.3. The van der Waals surface area contributed by atoms with Gasteiger partial charge in [0.1, 0.15) is 11.3 Å². The summed E-state index contributed by atoms with van der Waals surface area (Å²) in [5, 5.41) is 30.1.